The molecule has 4 rings (SSSR count). The Hall–Kier alpha value is -3.93. The van der Waals surface area contributed by atoms with Crippen LogP contribution in [0.4, 0.5) is 10.1 Å². The largest absolute Gasteiger partial charge is 0.465 e. The third kappa shape index (κ3) is 3.80. The van der Waals surface area contributed by atoms with Crippen LogP contribution in [-0.4, -0.2) is 23.4 Å². The summed E-state index contributed by atoms with van der Waals surface area (Å²) in [5, 5.41) is 2.56. The van der Waals surface area contributed by atoms with Gasteiger partial charge < -0.3 is 14.5 Å². The number of methoxy groups -OCH3 is 1. The lowest BCUT2D eigenvalue weighted by Gasteiger charge is -2.08. The number of amides is 1. The third-order valence-corrected chi connectivity index (χ3v) is 4.85. The lowest BCUT2D eigenvalue weighted by Crippen LogP contribution is -2.15. The second-order valence-electron chi connectivity index (χ2n) is 6.82. The van der Waals surface area contributed by atoms with Crippen LogP contribution in [0.25, 0.3) is 5.52 Å². The lowest BCUT2D eigenvalue weighted by molar-refractivity contribution is 0.0603. The van der Waals surface area contributed by atoms with Crippen molar-refractivity contribution < 1.29 is 18.7 Å². The zero-order valence-electron chi connectivity index (χ0n) is 16.3. The molecule has 0 radical (unpaired) electrons. The Bertz CT molecular complexity index is 1230. The Kier molecular flexibility index (Phi) is 5.30. The van der Waals surface area contributed by atoms with Crippen LogP contribution in [0.3, 0.4) is 0 Å². The first-order valence-electron chi connectivity index (χ1n) is 9.39. The fraction of sp³-hybridized carbons (Fsp3) is 0.0833. The molecule has 0 bridgehead atoms. The Balaban J connectivity index is 1.74. The molecule has 0 aliphatic rings. The molecule has 0 fully saturated rings. The molecular formula is C24H19FN2O3. The van der Waals surface area contributed by atoms with Crippen molar-refractivity contribution in [3.63, 3.8) is 0 Å². The van der Waals surface area contributed by atoms with Crippen LogP contribution >= 0.6 is 0 Å². The molecule has 0 unspecified atom stereocenters. The molecule has 30 heavy (non-hydrogen) atoms. The lowest BCUT2D eigenvalue weighted by atomic mass is 10.1. The number of ether oxygens (including phenoxy) is 1. The Morgan fingerprint density at radius 2 is 1.70 bits per heavy atom. The standard InChI is InChI=1S/C24H19FN2O3/c1-30-24(29)18-15-22(23(28)26-20-10-6-5-9-19(20)25)27-12-11-17(14-21(18)27)13-16-7-3-2-4-8-16/h2-12,14-15H,13H2,1H3,(H,26,28). The highest BCUT2D eigenvalue weighted by Crippen LogP contribution is 2.23. The summed E-state index contributed by atoms with van der Waals surface area (Å²) in [6, 6.07) is 21.1. The van der Waals surface area contributed by atoms with Crippen molar-refractivity contribution in [1.82, 2.24) is 4.40 Å². The zero-order valence-corrected chi connectivity index (χ0v) is 16.3. The average molecular weight is 402 g/mol. The number of pyridine rings is 1. The van der Waals surface area contributed by atoms with Crippen LogP contribution in [0, 0.1) is 5.82 Å². The average Bonchev–Trinajstić information content (AvgIpc) is 3.14. The number of hydrogen-bond acceptors (Lipinski definition) is 3. The molecule has 0 spiro atoms. The molecule has 2 aromatic carbocycles. The Labute approximate surface area is 172 Å². The first kappa shape index (κ1) is 19.4. The molecule has 5 nitrogen and oxygen atoms in total. The number of nitrogens with one attached hydrogen (secondary N) is 1. The van der Waals surface area contributed by atoms with Crippen molar-refractivity contribution in [1.29, 1.82) is 0 Å². The van der Waals surface area contributed by atoms with E-state index >= 15 is 0 Å². The van der Waals surface area contributed by atoms with Crippen molar-refractivity contribution in [2.24, 2.45) is 0 Å². The summed E-state index contributed by atoms with van der Waals surface area (Å²) < 4.78 is 20.4. The third-order valence-electron chi connectivity index (χ3n) is 4.85. The van der Waals surface area contributed by atoms with Gasteiger partial charge in [-0.15, -0.1) is 0 Å². The van der Waals surface area contributed by atoms with Gasteiger partial charge in [-0.3, -0.25) is 4.79 Å². The van der Waals surface area contributed by atoms with Crippen LogP contribution in [0.1, 0.15) is 32.0 Å². The van der Waals surface area contributed by atoms with Crippen LogP contribution in [-0.2, 0) is 11.2 Å². The number of aromatic nitrogens is 1. The molecule has 1 amide bonds. The maximum absolute atomic E-state index is 13.9. The predicted molar refractivity (Wildman–Crippen MR) is 112 cm³/mol. The second kappa shape index (κ2) is 8.21. The van der Waals surface area contributed by atoms with E-state index < -0.39 is 17.7 Å². The molecule has 150 valence electrons. The predicted octanol–water partition coefficient (Wildman–Crippen LogP) is 4.71. The normalized spacial score (nSPS) is 10.7. The smallest absolute Gasteiger partial charge is 0.340 e. The minimum atomic E-state index is -0.547. The summed E-state index contributed by atoms with van der Waals surface area (Å²) in [4.78, 5) is 25.1. The highest BCUT2D eigenvalue weighted by Gasteiger charge is 2.21. The van der Waals surface area contributed by atoms with E-state index in [1.54, 1.807) is 22.7 Å². The summed E-state index contributed by atoms with van der Waals surface area (Å²) in [5.41, 5.74) is 3.21. The zero-order chi connectivity index (χ0) is 21.1. The SMILES string of the molecule is COC(=O)c1cc(C(=O)Nc2ccccc2F)n2ccc(Cc3ccccc3)cc12. The summed E-state index contributed by atoms with van der Waals surface area (Å²) in [6.07, 6.45) is 2.41. The van der Waals surface area contributed by atoms with Gasteiger partial charge in [0.15, 0.2) is 0 Å². The van der Waals surface area contributed by atoms with Crippen molar-refractivity contribution >= 4 is 23.1 Å². The van der Waals surface area contributed by atoms with Gasteiger partial charge in [-0.05, 0) is 47.9 Å². The van der Waals surface area contributed by atoms with E-state index in [2.05, 4.69) is 5.32 Å². The number of anilines is 1. The van der Waals surface area contributed by atoms with Crippen LogP contribution in [0.2, 0.25) is 0 Å². The number of hydrogen-bond donors (Lipinski definition) is 1. The quantitative estimate of drug-likeness (QED) is 0.492. The number of carbonyl (C=O) groups is 2. The number of para-hydroxylation sites is 1. The number of carbonyl (C=O) groups excluding carboxylic acids is 2. The van der Waals surface area contributed by atoms with Crippen LogP contribution < -0.4 is 5.32 Å². The molecule has 2 aromatic heterocycles. The van der Waals surface area contributed by atoms with Crippen molar-refractivity contribution in [2.45, 2.75) is 6.42 Å². The molecule has 0 atom stereocenters. The minimum absolute atomic E-state index is 0.0674. The van der Waals surface area contributed by atoms with E-state index in [9.17, 15) is 14.0 Å². The number of esters is 1. The summed E-state index contributed by atoms with van der Waals surface area (Å²) >= 11 is 0. The molecule has 0 saturated carbocycles. The molecule has 0 saturated heterocycles. The monoisotopic (exact) mass is 402 g/mol. The van der Waals surface area contributed by atoms with Gasteiger partial charge in [0.25, 0.3) is 5.91 Å². The van der Waals surface area contributed by atoms with Gasteiger partial charge >= 0.3 is 5.97 Å². The second-order valence-corrected chi connectivity index (χ2v) is 6.82. The summed E-state index contributed by atoms with van der Waals surface area (Å²) in [7, 11) is 1.29. The number of halogens is 1. The van der Waals surface area contributed by atoms with E-state index in [0.717, 1.165) is 11.1 Å². The molecule has 0 aliphatic heterocycles. The first-order valence-corrected chi connectivity index (χ1v) is 9.39. The number of rotatable bonds is 5. The fourth-order valence-electron chi connectivity index (χ4n) is 3.38. The molecule has 2 heterocycles. The van der Waals surface area contributed by atoms with Gasteiger partial charge in [0.1, 0.15) is 11.5 Å². The molecule has 0 aliphatic carbocycles. The fourth-order valence-corrected chi connectivity index (χ4v) is 3.38. The Morgan fingerprint density at radius 1 is 0.967 bits per heavy atom. The highest BCUT2D eigenvalue weighted by atomic mass is 19.1. The van der Waals surface area contributed by atoms with E-state index in [-0.39, 0.29) is 16.9 Å². The van der Waals surface area contributed by atoms with Crippen molar-refractivity contribution in [2.75, 3.05) is 12.4 Å². The Morgan fingerprint density at radius 3 is 2.43 bits per heavy atom. The molecular weight excluding hydrogens is 383 g/mol. The minimum Gasteiger partial charge on any atom is -0.465 e. The number of fused-ring (bicyclic) bond motifs is 1. The van der Waals surface area contributed by atoms with Crippen molar-refractivity contribution in [3.05, 3.63) is 107 Å². The van der Waals surface area contributed by atoms with Gasteiger partial charge in [-0.2, -0.15) is 0 Å². The van der Waals surface area contributed by atoms with Crippen LogP contribution in [0.5, 0.6) is 0 Å². The first-order chi connectivity index (χ1) is 14.6. The summed E-state index contributed by atoms with van der Waals surface area (Å²) in [5.74, 6) is -1.61. The number of benzene rings is 2. The van der Waals surface area contributed by atoms with E-state index in [1.165, 1.54) is 25.3 Å². The van der Waals surface area contributed by atoms with Gasteiger partial charge in [-0.25, -0.2) is 9.18 Å². The van der Waals surface area contributed by atoms with Gasteiger partial charge in [0.05, 0.1) is 23.9 Å². The maximum atomic E-state index is 13.9. The number of nitrogens with zero attached hydrogens (tertiary/aromatic N) is 1. The van der Waals surface area contributed by atoms with Gasteiger partial charge in [0.2, 0.25) is 0 Å². The molecule has 6 heteroatoms. The molecule has 4 aromatic rings. The van der Waals surface area contributed by atoms with Gasteiger partial charge in [-0.1, -0.05) is 42.5 Å². The van der Waals surface area contributed by atoms with E-state index in [1.807, 2.05) is 42.5 Å². The highest BCUT2D eigenvalue weighted by molar-refractivity contribution is 6.08. The topological polar surface area (TPSA) is 59.8 Å². The van der Waals surface area contributed by atoms with E-state index in [4.69, 9.17) is 4.74 Å². The maximum Gasteiger partial charge on any atom is 0.340 e. The van der Waals surface area contributed by atoms with Crippen LogP contribution in [0.15, 0.2) is 79.0 Å². The van der Waals surface area contributed by atoms with Crippen molar-refractivity contribution in [3.8, 4) is 0 Å². The van der Waals surface area contributed by atoms with Gasteiger partial charge in [0, 0.05) is 6.20 Å². The summed E-state index contributed by atoms with van der Waals surface area (Å²) in [6.45, 7) is 0. The molecule has 1 N–H and O–H groups in total. The van der Waals surface area contributed by atoms with E-state index in [0.29, 0.717) is 11.9 Å².